The van der Waals surface area contributed by atoms with Gasteiger partial charge in [-0.1, -0.05) is 75.1 Å². The van der Waals surface area contributed by atoms with Gasteiger partial charge in [-0.25, -0.2) is 4.39 Å². The molecular weight excluding hydrogens is 375 g/mol. The largest absolute Gasteiger partial charge is 0.382 e. The lowest BCUT2D eigenvalue weighted by atomic mass is 9.75. The van der Waals surface area contributed by atoms with E-state index in [4.69, 9.17) is 0 Å². The Labute approximate surface area is 181 Å². The van der Waals surface area contributed by atoms with Crippen LogP contribution in [0.25, 0.3) is 0 Å². The molecule has 0 amide bonds. The van der Waals surface area contributed by atoms with E-state index in [1.165, 1.54) is 57.9 Å². The first-order valence-corrected chi connectivity index (χ1v) is 11.6. The van der Waals surface area contributed by atoms with E-state index >= 15 is 4.39 Å². The number of allylic oxidation sites excluding steroid dienone is 1. The molecule has 0 aromatic heterocycles. The molecular formula is C27H37FO2. The van der Waals surface area contributed by atoms with Crippen molar-refractivity contribution in [2.45, 2.75) is 82.4 Å². The van der Waals surface area contributed by atoms with Crippen LogP contribution in [0.5, 0.6) is 0 Å². The van der Waals surface area contributed by atoms with Crippen molar-refractivity contribution in [3.63, 3.8) is 0 Å². The Morgan fingerprint density at radius 3 is 2.27 bits per heavy atom. The maximum atomic E-state index is 15.2. The number of carbonyl (C=O) groups excluding carboxylic acids is 1. The van der Waals surface area contributed by atoms with Gasteiger partial charge in [-0.3, -0.25) is 4.79 Å². The van der Waals surface area contributed by atoms with E-state index in [0.717, 1.165) is 24.3 Å². The number of Topliss-reactive ketones (excluding diaryl/α,β-unsaturated/α-hetero) is 1. The molecule has 0 aliphatic heterocycles. The number of hydrogen-bond donors (Lipinski definition) is 1. The zero-order chi connectivity index (χ0) is 21.8. The maximum Gasteiger partial charge on any atom is 0.164 e. The van der Waals surface area contributed by atoms with Gasteiger partial charge in [0.15, 0.2) is 11.5 Å². The number of aliphatic hydroxyl groups is 1. The lowest BCUT2D eigenvalue weighted by Crippen LogP contribution is -2.44. The Kier molecular flexibility index (Phi) is 7.34. The van der Waals surface area contributed by atoms with E-state index in [1.54, 1.807) is 24.3 Å². The van der Waals surface area contributed by atoms with E-state index in [9.17, 15) is 9.90 Å². The summed E-state index contributed by atoms with van der Waals surface area (Å²) >= 11 is 0. The highest BCUT2D eigenvalue weighted by molar-refractivity contribution is 5.96. The zero-order valence-electron chi connectivity index (χ0n) is 18.4. The quantitative estimate of drug-likeness (QED) is 0.316. The second-order valence-corrected chi connectivity index (χ2v) is 9.57. The fraction of sp³-hybridized carbons (Fsp3) is 0.593. The number of ketones is 1. The molecule has 0 heterocycles. The van der Waals surface area contributed by atoms with Gasteiger partial charge < -0.3 is 5.11 Å². The molecule has 3 rings (SSSR count). The van der Waals surface area contributed by atoms with E-state index in [0.29, 0.717) is 23.5 Å². The van der Waals surface area contributed by atoms with Gasteiger partial charge >= 0.3 is 0 Å². The molecule has 2 unspecified atom stereocenters. The van der Waals surface area contributed by atoms with Crippen LogP contribution < -0.4 is 0 Å². The molecule has 0 bridgehead atoms. The van der Waals surface area contributed by atoms with Crippen LogP contribution in [-0.4, -0.2) is 16.6 Å². The zero-order valence-corrected chi connectivity index (χ0v) is 18.4. The smallest absolute Gasteiger partial charge is 0.164 e. The van der Waals surface area contributed by atoms with Gasteiger partial charge in [-0.15, -0.1) is 6.58 Å². The number of rotatable bonds is 11. The number of halogens is 1. The molecule has 2 aliphatic rings. The predicted molar refractivity (Wildman–Crippen MR) is 121 cm³/mol. The van der Waals surface area contributed by atoms with Gasteiger partial charge in [0.1, 0.15) is 5.60 Å². The third-order valence-electron chi connectivity index (χ3n) is 7.53. The van der Waals surface area contributed by atoms with Crippen molar-refractivity contribution in [1.82, 2.24) is 0 Å². The fourth-order valence-electron chi connectivity index (χ4n) is 5.30. The minimum absolute atomic E-state index is 0.0338. The van der Waals surface area contributed by atoms with Crippen molar-refractivity contribution in [3.8, 4) is 0 Å². The first-order chi connectivity index (χ1) is 14.3. The molecule has 3 atom stereocenters. The summed E-state index contributed by atoms with van der Waals surface area (Å²) in [4.78, 5) is 12.8. The van der Waals surface area contributed by atoms with Crippen LogP contribution in [0.1, 0.15) is 87.1 Å². The predicted octanol–water partition coefficient (Wildman–Crippen LogP) is 6.93. The first kappa shape index (κ1) is 22.9. The minimum Gasteiger partial charge on any atom is -0.382 e. The molecule has 0 spiro atoms. The highest BCUT2D eigenvalue weighted by Crippen LogP contribution is 2.47. The normalized spacial score (nSPS) is 22.5. The molecule has 1 N–H and O–H groups in total. The summed E-state index contributed by atoms with van der Waals surface area (Å²) in [5.74, 6) is 2.48. The highest BCUT2D eigenvalue weighted by atomic mass is 19.1. The van der Waals surface area contributed by atoms with Crippen LogP contribution >= 0.6 is 0 Å². The van der Waals surface area contributed by atoms with Gasteiger partial charge in [0.05, 0.1) is 0 Å². The molecule has 0 saturated heterocycles. The molecule has 30 heavy (non-hydrogen) atoms. The second-order valence-electron chi connectivity index (χ2n) is 9.57. The Morgan fingerprint density at radius 1 is 1.13 bits per heavy atom. The Bertz CT molecular complexity index is 741. The average molecular weight is 413 g/mol. The van der Waals surface area contributed by atoms with Gasteiger partial charge in [0.2, 0.25) is 0 Å². The van der Waals surface area contributed by atoms with Crippen LogP contribution in [0.3, 0.4) is 0 Å². The molecule has 1 aromatic carbocycles. The van der Waals surface area contributed by atoms with E-state index in [2.05, 4.69) is 13.2 Å². The van der Waals surface area contributed by atoms with Crippen LogP contribution in [0.15, 0.2) is 49.6 Å². The molecule has 1 aromatic rings. The van der Waals surface area contributed by atoms with Gasteiger partial charge in [0, 0.05) is 18.4 Å². The lowest BCUT2D eigenvalue weighted by molar-refractivity contribution is -0.0677. The van der Waals surface area contributed by atoms with E-state index in [-0.39, 0.29) is 12.2 Å². The van der Waals surface area contributed by atoms with Gasteiger partial charge in [-0.2, -0.15) is 0 Å². The minimum atomic E-state index is -2.02. The molecule has 2 aliphatic carbocycles. The van der Waals surface area contributed by atoms with Crippen molar-refractivity contribution in [2.75, 3.05) is 0 Å². The average Bonchev–Trinajstić information content (AvgIpc) is 3.60. The summed E-state index contributed by atoms with van der Waals surface area (Å²) in [7, 11) is 0. The number of carbonyl (C=O) groups is 1. The van der Waals surface area contributed by atoms with E-state index in [1.807, 2.05) is 0 Å². The van der Waals surface area contributed by atoms with Crippen molar-refractivity contribution < 1.29 is 14.3 Å². The molecule has 2 saturated carbocycles. The summed E-state index contributed by atoms with van der Waals surface area (Å²) in [5.41, 5.74) is -2.69. The molecule has 2 fully saturated rings. The summed E-state index contributed by atoms with van der Waals surface area (Å²) in [6, 6.07) is 6.76. The van der Waals surface area contributed by atoms with Crippen molar-refractivity contribution in [2.24, 2.45) is 17.8 Å². The van der Waals surface area contributed by atoms with Gasteiger partial charge in [-0.05, 0) is 49.5 Å². The Morgan fingerprint density at radius 2 is 1.73 bits per heavy atom. The van der Waals surface area contributed by atoms with E-state index < -0.39 is 11.3 Å². The van der Waals surface area contributed by atoms with Crippen molar-refractivity contribution in [3.05, 3.63) is 60.7 Å². The van der Waals surface area contributed by atoms with Crippen LogP contribution in [0.2, 0.25) is 0 Å². The van der Waals surface area contributed by atoms with Crippen LogP contribution in [0, 0.1) is 17.8 Å². The van der Waals surface area contributed by atoms with Crippen LogP contribution in [-0.2, 0) is 5.60 Å². The van der Waals surface area contributed by atoms with Gasteiger partial charge in [0.25, 0.3) is 0 Å². The molecule has 2 nitrogen and oxygen atoms in total. The lowest BCUT2D eigenvalue weighted by Gasteiger charge is -2.36. The summed E-state index contributed by atoms with van der Waals surface area (Å²) in [6.07, 6.45) is 13.5. The topological polar surface area (TPSA) is 37.3 Å². The third kappa shape index (κ3) is 4.94. The van der Waals surface area contributed by atoms with Crippen molar-refractivity contribution >= 4 is 5.78 Å². The maximum absolute atomic E-state index is 15.2. The Balaban J connectivity index is 1.64. The second kappa shape index (κ2) is 9.60. The van der Waals surface area contributed by atoms with Crippen LogP contribution in [0.4, 0.5) is 4.39 Å². The SMILES string of the molecule is C=CCC(F)(C=C)[C@@](C)(O)c1ccc(C(=O)CCC(C2CCCCC2)C2CC2)cc1. The fourth-order valence-corrected chi connectivity index (χ4v) is 5.30. The summed E-state index contributed by atoms with van der Waals surface area (Å²) in [5, 5.41) is 10.9. The summed E-state index contributed by atoms with van der Waals surface area (Å²) < 4.78 is 15.2. The first-order valence-electron chi connectivity index (χ1n) is 11.6. The number of alkyl halides is 1. The standard InChI is InChI=1S/C27H37FO2/c1-4-19-27(28,5-2)26(3,30)23-15-13-22(14-16-23)25(29)18-17-24(21-11-12-21)20-9-7-6-8-10-20/h4-5,13-16,20-21,24,30H,1-2,6-12,17-19H2,3H3/t24?,26-,27?/m0/s1. The molecule has 164 valence electrons. The highest BCUT2D eigenvalue weighted by Gasteiger charge is 2.46. The monoisotopic (exact) mass is 412 g/mol. The molecule has 3 heteroatoms. The third-order valence-corrected chi connectivity index (χ3v) is 7.53. The molecule has 0 radical (unpaired) electrons. The number of hydrogen-bond acceptors (Lipinski definition) is 2. The number of benzene rings is 1. The Hall–Kier alpha value is -1.74. The summed E-state index contributed by atoms with van der Waals surface area (Å²) in [6.45, 7) is 8.57. The van der Waals surface area contributed by atoms with Crippen molar-refractivity contribution in [1.29, 1.82) is 0 Å².